The Hall–Kier alpha value is -2.24. The zero-order valence-corrected chi connectivity index (χ0v) is 9.71. The fraction of sp³-hybridized carbons (Fsp3) is 0.273. The standard InChI is InChI=1S/C11H13N5O/c1-8-12-4-3-9(16-8)5-13-11-14-6-10(17-2)7-15-11/h3-4,6-7H,5H2,1-2H3,(H,13,14,15). The molecule has 0 fully saturated rings. The topological polar surface area (TPSA) is 72.8 Å². The van der Waals surface area contributed by atoms with Crippen molar-refractivity contribution in [1.82, 2.24) is 19.9 Å². The molecule has 17 heavy (non-hydrogen) atoms. The minimum Gasteiger partial charge on any atom is -0.494 e. The number of aromatic nitrogens is 4. The third-order valence-corrected chi connectivity index (χ3v) is 2.13. The first-order valence-corrected chi connectivity index (χ1v) is 5.16. The molecule has 6 heteroatoms. The first-order valence-electron chi connectivity index (χ1n) is 5.16. The van der Waals surface area contributed by atoms with Crippen molar-refractivity contribution in [2.75, 3.05) is 12.4 Å². The molecule has 0 aliphatic rings. The molecule has 0 atom stereocenters. The molecule has 1 N–H and O–H groups in total. The number of ether oxygens (including phenoxy) is 1. The van der Waals surface area contributed by atoms with Gasteiger partial charge in [-0.25, -0.2) is 19.9 Å². The molecule has 0 aliphatic heterocycles. The van der Waals surface area contributed by atoms with Crippen LogP contribution in [0.4, 0.5) is 5.95 Å². The average Bonchev–Trinajstić information content (AvgIpc) is 2.37. The Bertz CT molecular complexity index is 485. The molecule has 6 nitrogen and oxygen atoms in total. The molecule has 0 saturated heterocycles. The van der Waals surface area contributed by atoms with E-state index in [0.29, 0.717) is 18.2 Å². The van der Waals surface area contributed by atoms with Gasteiger partial charge in [-0.3, -0.25) is 0 Å². The van der Waals surface area contributed by atoms with Crippen molar-refractivity contribution >= 4 is 5.95 Å². The van der Waals surface area contributed by atoms with Gasteiger partial charge in [-0.15, -0.1) is 0 Å². The molecule has 0 unspecified atom stereocenters. The van der Waals surface area contributed by atoms with Gasteiger partial charge in [0.25, 0.3) is 0 Å². The minimum absolute atomic E-state index is 0.544. The zero-order valence-electron chi connectivity index (χ0n) is 9.71. The lowest BCUT2D eigenvalue weighted by Crippen LogP contribution is -2.06. The van der Waals surface area contributed by atoms with Crippen molar-refractivity contribution in [2.24, 2.45) is 0 Å². The van der Waals surface area contributed by atoms with Crippen LogP contribution >= 0.6 is 0 Å². The fourth-order valence-corrected chi connectivity index (χ4v) is 1.29. The predicted molar refractivity (Wildman–Crippen MR) is 62.7 cm³/mol. The maximum Gasteiger partial charge on any atom is 0.223 e. The number of hydrogen-bond donors (Lipinski definition) is 1. The van der Waals surface area contributed by atoms with E-state index < -0.39 is 0 Å². The summed E-state index contributed by atoms with van der Waals surface area (Å²) in [6.45, 7) is 2.42. The third-order valence-electron chi connectivity index (χ3n) is 2.13. The molecule has 0 bridgehead atoms. The van der Waals surface area contributed by atoms with Gasteiger partial charge < -0.3 is 10.1 Å². The van der Waals surface area contributed by atoms with Crippen molar-refractivity contribution < 1.29 is 4.74 Å². The Balaban J connectivity index is 1.97. The summed E-state index contributed by atoms with van der Waals surface area (Å²) in [6, 6.07) is 1.85. The van der Waals surface area contributed by atoms with Crippen LogP contribution in [0.5, 0.6) is 5.75 Å². The third kappa shape index (κ3) is 3.10. The lowest BCUT2D eigenvalue weighted by molar-refractivity contribution is 0.411. The van der Waals surface area contributed by atoms with Crippen molar-refractivity contribution in [1.29, 1.82) is 0 Å². The second-order valence-corrected chi connectivity index (χ2v) is 3.40. The number of rotatable bonds is 4. The quantitative estimate of drug-likeness (QED) is 0.852. The fourth-order valence-electron chi connectivity index (χ4n) is 1.29. The Kier molecular flexibility index (Phi) is 3.44. The first-order chi connectivity index (χ1) is 8.28. The van der Waals surface area contributed by atoms with Crippen LogP contribution in [0.2, 0.25) is 0 Å². The Morgan fingerprint density at radius 1 is 1.24 bits per heavy atom. The van der Waals surface area contributed by atoms with Crippen molar-refractivity contribution in [2.45, 2.75) is 13.5 Å². The normalized spacial score (nSPS) is 10.0. The Labute approximate surface area is 99.1 Å². The largest absolute Gasteiger partial charge is 0.494 e. The second-order valence-electron chi connectivity index (χ2n) is 3.40. The number of nitrogens with zero attached hydrogens (tertiary/aromatic N) is 4. The SMILES string of the molecule is COc1cnc(NCc2ccnc(C)n2)nc1. The molecular formula is C11H13N5O. The number of hydrogen-bond acceptors (Lipinski definition) is 6. The van der Waals surface area contributed by atoms with E-state index >= 15 is 0 Å². The minimum atomic E-state index is 0.544. The van der Waals surface area contributed by atoms with E-state index in [9.17, 15) is 0 Å². The summed E-state index contributed by atoms with van der Waals surface area (Å²) in [7, 11) is 1.58. The van der Waals surface area contributed by atoms with Crippen LogP contribution in [0.3, 0.4) is 0 Å². The van der Waals surface area contributed by atoms with E-state index in [0.717, 1.165) is 11.5 Å². The summed E-state index contributed by atoms with van der Waals surface area (Å²) < 4.78 is 4.97. The van der Waals surface area contributed by atoms with Gasteiger partial charge in [0, 0.05) is 6.20 Å². The van der Waals surface area contributed by atoms with Crippen LogP contribution in [-0.4, -0.2) is 27.0 Å². The van der Waals surface area contributed by atoms with Gasteiger partial charge in [0.1, 0.15) is 5.82 Å². The Morgan fingerprint density at radius 3 is 2.65 bits per heavy atom. The average molecular weight is 231 g/mol. The molecular weight excluding hydrogens is 218 g/mol. The monoisotopic (exact) mass is 231 g/mol. The predicted octanol–water partition coefficient (Wildman–Crippen LogP) is 1.20. The van der Waals surface area contributed by atoms with Crippen LogP contribution in [-0.2, 0) is 6.54 Å². The van der Waals surface area contributed by atoms with Gasteiger partial charge in [-0.05, 0) is 13.0 Å². The molecule has 0 aliphatic carbocycles. The van der Waals surface area contributed by atoms with E-state index in [2.05, 4.69) is 25.3 Å². The second kappa shape index (κ2) is 5.20. The lowest BCUT2D eigenvalue weighted by Gasteiger charge is -2.05. The summed E-state index contributed by atoms with van der Waals surface area (Å²) in [4.78, 5) is 16.5. The van der Waals surface area contributed by atoms with E-state index in [4.69, 9.17) is 4.74 Å². The lowest BCUT2D eigenvalue weighted by atomic mass is 10.4. The molecule has 0 saturated carbocycles. The van der Waals surface area contributed by atoms with Gasteiger partial charge in [-0.2, -0.15) is 0 Å². The zero-order chi connectivity index (χ0) is 12.1. The molecule has 2 aromatic rings. The molecule has 88 valence electrons. The van der Waals surface area contributed by atoms with E-state index in [-0.39, 0.29) is 0 Å². The van der Waals surface area contributed by atoms with Crippen LogP contribution in [0.15, 0.2) is 24.7 Å². The molecule has 2 aromatic heterocycles. The maximum absolute atomic E-state index is 4.97. The van der Waals surface area contributed by atoms with Crippen molar-refractivity contribution in [3.63, 3.8) is 0 Å². The molecule has 2 heterocycles. The van der Waals surface area contributed by atoms with Crippen LogP contribution < -0.4 is 10.1 Å². The van der Waals surface area contributed by atoms with Crippen molar-refractivity contribution in [3.8, 4) is 5.75 Å². The van der Waals surface area contributed by atoms with E-state index in [1.165, 1.54) is 0 Å². The van der Waals surface area contributed by atoms with Crippen LogP contribution in [0.25, 0.3) is 0 Å². The number of aryl methyl sites for hydroxylation is 1. The van der Waals surface area contributed by atoms with Crippen molar-refractivity contribution in [3.05, 3.63) is 36.2 Å². The molecule has 2 rings (SSSR count). The summed E-state index contributed by atoms with van der Waals surface area (Å²) >= 11 is 0. The number of anilines is 1. The smallest absolute Gasteiger partial charge is 0.223 e. The summed E-state index contributed by atoms with van der Waals surface area (Å²) in [5.41, 5.74) is 0.900. The van der Waals surface area contributed by atoms with Gasteiger partial charge >= 0.3 is 0 Å². The van der Waals surface area contributed by atoms with E-state index in [1.54, 1.807) is 25.7 Å². The highest BCUT2D eigenvalue weighted by Crippen LogP contribution is 2.07. The van der Waals surface area contributed by atoms with Crippen LogP contribution in [0.1, 0.15) is 11.5 Å². The van der Waals surface area contributed by atoms with Gasteiger partial charge in [0.2, 0.25) is 5.95 Å². The molecule has 0 radical (unpaired) electrons. The molecule has 0 amide bonds. The molecule has 0 aromatic carbocycles. The number of nitrogens with one attached hydrogen (secondary N) is 1. The highest BCUT2D eigenvalue weighted by Gasteiger charge is 1.99. The highest BCUT2D eigenvalue weighted by molar-refractivity contribution is 5.27. The summed E-state index contributed by atoms with van der Waals surface area (Å²) in [5, 5.41) is 3.07. The highest BCUT2D eigenvalue weighted by atomic mass is 16.5. The van der Waals surface area contributed by atoms with Gasteiger partial charge in [-0.1, -0.05) is 0 Å². The summed E-state index contributed by atoms with van der Waals surface area (Å²) in [6.07, 6.45) is 4.95. The first kappa shape index (κ1) is 11.3. The Morgan fingerprint density at radius 2 is 2.00 bits per heavy atom. The van der Waals surface area contributed by atoms with Crippen LogP contribution in [0, 0.1) is 6.92 Å². The maximum atomic E-state index is 4.97. The van der Waals surface area contributed by atoms with Gasteiger partial charge in [0.05, 0.1) is 31.7 Å². The number of methoxy groups -OCH3 is 1. The molecule has 0 spiro atoms. The van der Waals surface area contributed by atoms with Gasteiger partial charge in [0.15, 0.2) is 5.75 Å². The summed E-state index contributed by atoms with van der Waals surface area (Å²) in [5.74, 6) is 1.93. The van der Waals surface area contributed by atoms with E-state index in [1.807, 2.05) is 13.0 Å².